The highest BCUT2D eigenvalue weighted by atomic mass is 127. The Morgan fingerprint density at radius 2 is 1.83 bits per heavy atom. The fourth-order valence-corrected chi connectivity index (χ4v) is 2.12. The number of aliphatic imine (C=N–C) groups is 1. The van der Waals surface area contributed by atoms with Crippen LogP contribution in [0.2, 0.25) is 0 Å². The zero-order valence-corrected chi connectivity index (χ0v) is 15.8. The first-order valence-corrected chi connectivity index (χ1v) is 7.40. The van der Waals surface area contributed by atoms with Gasteiger partial charge in [0, 0.05) is 20.1 Å². The molecule has 2 N–H and O–H groups in total. The lowest BCUT2D eigenvalue weighted by Gasteiger charge is -2.12. The average molecular weight is 438 g/mol. The summed E-state index contributed by atoms with van der Waals surface area (Å²) in [4.78, 5) is 4.14. The van der Waals surface area contributed by atoms with Crippen molar-refractivity contribution in [2.24, 2.45) is 4.99 Å². The van der Waals surface area contributed by atoms with E-state index in [9.17, 15) is 4.39 Å². The third-order valence-corrected chi connectivity index (χ3v) is 3.41. The summed E-state index contributed by atoms with van der Waals surface area (Å²) in [5, 5.41) is 15.1. The molecule has 2 aromatic carbocycles. The molecule has 2 rings (SSSR count). The van der Waals surface area contributed by atoms with Crippen molar-refractivity contribution >= 4 is 29.9 Å². The Kier molecular flexibility index (Phi) is 8.79. The average Bonchev–Trinajstić information content (AvgIpc) is 2.60. The molecule has 0 saturated heterocycles. The van der Waals surface area contributed by atoms with Crippen molar-refractivity contribution in [3.63, 3.8) is 0 Å². The maximum atomic E-state index is 13.5. The van der Waals surface area contributed by atoms with Crippen LogP contribution in [0.15, 0.2) is 53.5 Å². The number of guanidine groups is 1. The maximum absolute atomic E-state index is 13.5. The molecule has 0 bridgehead atoms. The number of benzene rings is 2. The van der Waals surface area contributed by atoms with Crippen molar-refractivity contribution in [2.45, 2.75) is 13.0 Å². The molecule has 0 saturated carbocycles. The Hall–Kier alpha value is -2.14. The first-order valence-electron chi connectivity index (χ1n) is 7.40. The van der Waals surface area contributed by atoms with Crippen LogP contribution in [0.3, 0.4) is 0 Å². The molecule has 0 aromatic heterocycles. The Morgan fingerprint density at radius 3 is 2.46 bits per heavy atom. The van der Waals surface area contributed by atoms with Gasteiger partial charge < -0.3 is 10.6 Å². The molecule has 24 heavy (non-hydrogen) atoms. The Labute approximate surface area is 158 Å². The van der Waals surface area contributed by atoms with Crippen LogP contribution in [0, 0.1) is 17.1 Å². The molecule has 0 heterocycles. The van der Waals surface area contributed by atoms with Crippen molar-refractivity contribution in [2.75, 3.05) is 13.6 Å². The predicted molar refractivity (Wildman–Crippen MR) is 105 cm³/mol. The SMILES string of the molecule is CN=C(NCCc1ccccc1F)NCc1ccc(C#N)cc1.I. The summed E-state index contributed by atoms with van der Waals surface area (Å²) in [6.07, 6.45) is 0.588. The Balaban J connectivity index is 0.00000288. The maximum Gasteiger partial charge on any atom is 0.191 e. The van der Waals surface area contributed by atoms with Gasteiger partial charge >= 0.3 is 0 Å². The van der Waals surface area contributed by atoms with Gasteiger partial charge in [0.15, 0.2) is 5.96 Å². The third-order valence-electron chi connectivity index (χ3n) is 3.41. The smallest absolute Gasteiger partial charge is 0.191 e. The quantitative estimate of drug-likeness (QED) is 0.428. The minimum absolute atomic E-state index is 0. The molecule has 0 unspecified atom stereocenters. The minimum atomic E-state index is -0.185. The van der Waals surface area contributed by atoms with Crippen molar-refractivity contribution in [1.29, 1.82) is 5.26 Å². The second kappa shape index (κ2) is 10.6. The summed E-state index contributed by atoms with van der Waals surface area (Å²) in [5.41, 5.74) is 2.38. The minimum Gasteiger partial charge on any atom is -0.356 e. The van der Waals surface area contributed by atoms with Gasteiger partial charge in [0.2, 0.25) is 0 Å². The molecule has 0 aliphatic heterocycles. The molecule has 0 aliphatic carbocycles. The molecule has 0 aliphatic rings. The number of nitrogens with zero attached hydrogens (tertiary/aromatic N) is 2. The van der Waals surface area contributed by atoms with Crippen molar-refractivity contribution in [1.82, 2.24) is 10.6 Å². The van der Waals surface area contributed by atoms with E-state index in [0.29, 0.717) is 36.6 Å². The summed E-state index contributed by atoms with van der Waals surface area (Å²) in [6.45, 7) is 1.19. The highest BCUT2D eigenvalue weighted by molar-refractivity contribution is 14.0. The predicted octanol–water partition coefficient (Wildman–Crippen LogP) is 3.22. The molecule has 0 radical (unpaired) electrons. The number of nitrogens with one attached hydrogen (secondary N) is 2. The molecular weight excluding hydrogens is 418 g/mol. The molecule has 0 amide bonds. The van der Waals surface area contributed by atoms with E-state index >= 15 is 0 Å². The van der Waals surface area contributed by atoms with E-state index in [0.717, 1.165) is 5.56 Å². The lowest BCUT2D eigenvalue weighted by atomic mass is 10.1. The van der Waals surface area contributed by atoms with Gasteiger partial charge in [-0.05, 0) is 35.7 Å². The topological polar surface area (TPSA) is 60.2 Å². The van der Waals surface area contributed by atoms with E-state index in [1.165, 1.54) is 6.07 Å². The van der Waals surface area contributed by atoms with Gasteiger partial charge in [0.1, 0.15) is 5.82 Å². The van der Waals surface area contributed by atoms with Crippen molar-refractivity contribution in [3.8, 4) is 6.07 Å². The first-order chi connectivity index (χ1) is 11.2. The number of nitriles is 1. The lowest BCUT2D eigenvalue weighted by Crippen LogP contribution is -2.37. The third kappa shape index (κ3) is 6.16. The summed E-state index contributed by atoms with van der Waals surface area (Å²) in [6, 6.07) is 16.2. The standard InChI is InChI=1S/C18H19FN4.HI/c1-21-18(22-11-10-16-4-2-3-5-17(16)19)23-13-15-8-6-14(12-20)7-9-15;/h2-9H,10-11,13H2,1H3,(H2,21,22,23);1H. The molecule has 6 heteroatoms. The van der Waals surface area contributed by atoms with Crippen LogP contribution >= 0.6 is 24.0 Å². The molecule has 0 spiro atoms. The van der Waals surface area contributed by atoms with Gasteiger partial charge in [-0.25, -0.2) is 4.39 Å². The zero-order chi connectivity index (χ0) is 16.5. The van der Waals surface area contributed by atoms with Gasteiger partial charge in [-0.3, -0.25) is 4.99 Å². The van der Waals surface area contributed by atoms with Crippen LogP contribution in [0.4, 0.5) is 4.39 Å². The molecule has 0 atom stereocenters. The molecule has 126 valence electrons. The van der Waals surface area contributed by atoms with Gasteiger partial charge in [-0.2, -0.15) is 5.26 Å². The number of rotatable bonds is 5. The normalized spacial score (nSPS) is 10.5. The number of hydrogen-bond donors (Lipinski definition) is 2. The summed E-state index contributed by atoms with van der Waals surface area (Å²) in [7, 11) is 1.69. The second-order valence-corrected chi connectivity index (χ2v) is 5.00. The second-order valence-electron chi connectivity index (χ2n) is 5.00. The van der Waals surface area contributed by atoms with Gasteiger partial charge in [-0.1, -0.05) is 30.3 Å². The molecule has 2 aromatic rings. The summed E-state index contributed by atoms with van der Waals surface area (Å²) in [5.74, 6) is 0.473. The molecular formula is C18H20FIN4. The highest BCUT2D eigenvalue weighted by Crippen LogP contribution is 2.06. The molecule has 4 nitrogen and oxygen atoms in total. The Bertz CT molecular complexity index is 708. The van der Waals surface area contributed by atoms with E-state index in [2.05, 4.69) is 21.7 Å². The van der Waals surface area contributed by atoms with Crippen LogP contribution in [0.1, 0.15) is 16.7 Å². The van der Waals surface area contributed by atoms with E-state index in [4.69, 9.17) is 5.26 Å². The fourth-order valence-electron chi connectivity index (χ4n) is 2.12. The van der Waals surface area contributed by atoms with Crippen LogP contribution < -0.4 is 10.6 Å². The number of halogens is 2. The fraction of sp³-hybridized carbons (Fsp3) is 0.222. The van der Waals surface area contributed by atoms with Crippen molar-refractivity contribution in [3.05, 3.63) is 71.0 Å². The monoisotopic (exact) mass is 438 g/mol. The van der Waals surface area contributed by atoms with E-state index < -0.39 is 0 Å². The Morgan fingerprint density at radius 1 is 1.12 bits per heavy atom. The zero-order valence-electron chi connectivity index (χ0n) is 13.4. The lowest BCUT2D eigenvalue weighted by molar-refractivity contribution is 0.606. The number of hydrogen-bond acceptors (Lipinski definition) is 2. The van der Waals surface area contributed by atoms with Crippen molar-refractivity contribution < 1.29 is 4.39 Å². The van der Waals surface area contributed by atoms with Gasteiger partial charge in [0.05, 0.1) is 11.6 Å². The van der Waals surface area contributed by atoms with Gasteiger partial charge in [0.25, 0.3) is 0 Å². The van der Waals surface area contributed by atoms with E-state index in [1.807, 2.05) is 18.2 Å². The first kappa shape index (κ1) is 19.9. The van der Waals surface area contributed by atoms with Crippen LogP contribution in [-0.4, -0.2) is 19.6 Å². The van der Waals surface area contributed by atoms with Gasteiger partial charge in [-0.15, -0.1) is 24.0 Å². The van der Waals surface area contributed by atoms with Crippen LogP contribution in [-0.2, 0) is 13.0 Å². The summed E-state index contributed by atoms with van der Waals surface area (Å²) >= 11 is 0. The van der Waals surface area contributed by atoms with Crippen LogP contribution in [0.25, 0.3) is 0 Å². The summed E-state index contributed by atoms with van der Waals surface area (Å²) < 4.78 is 13.5. The van der Waals surface area contributed by atoms with E-state index in [-0.39, 0.29) is 29.8 Å². The van der Waals surface area contributed by atoms with E-state index in [1.54, 1.807) is 31.3 Å². The highest BCUT2D eigenvalue weighted by Gasteiger charge is 2.02. The molecule has 0 fully saturated rings. The largest absolute Gasteiger partial charge is 0.356 e. The van der Waals surface area contributed by atoms with Crippen LogP contribution in [0.5, 0.6) is 0 Å².